The number of nitrogens with zero attached hydrogens (tertiary/aromatic N) is 2. The first-order valence-corrected chi connectivity index (χ1v) is 9.68. The van der Waals surface area contributed by atoms with E-state index in [1.807, 2.05) is 12.1 Å². The Kier molecular flexibility index (Phi) is 5.83. The lowest BCUT2D eigenvalue weighted by molar-refractivity contribution is 0.372. The molecule has 0 aliphatic heterocycles. The van der Waals surface area contributed by atoms with Gasteiger partial charge in [0.1, 0.15) is 5.84 Å². The van der Waals surface area contributed by atoms with Crippen molar-refractivity contribution in [1.82, 2.24) is 4.90 Å². The number of aryl methyl sites for hydroxylation is 2. The smallest absolute Gasteiger partial charge is 0.138 e. The van der Waals surface area contributed by atoms with Gasteiger partial charge in [-0.15, -0.1) is 0 Å². The molecule has 0 N–H and O–H groups in total. The van der Waals surface area contributed by atoms with Crippen molar-refractivity contribution in [2.24, 2.45) is 4.99 Å². The van der Waals surface area contributed by atoms with Gasteiger partial charge in [-0.1, -0.05) is 54.8 Å². The van der Waals surface area contributed by atoms with Crippen LogP contribution >= 0.6 is 11.6 Å². The van der Waals surface area contributed by atoms with Gasteiger partial charge in [-0.2, -0.15) is 0 Å². The number of benzene rings is 2. The molecule has 0 radical (unpaired) electrons. The largest absolute Gasteiger partial charge is 0.356 e. The Balaban J connectivity index is 2.12. The molecule has 3 heteroatoms. The highest BCUT2D eigenvalue weighted by Gasteiger charge is 2.24. The molecular weight excluding hydrogens is 340 g/mol. The standard InChI is InChI=1S/C23H27ClN2/c1-5-18-14-16(2)11-13-22(18)25-23(26(4)19-8-6-7-9-19)20-12-10-17(3)15-21(20)24/h5,10-15,19H,1,6-9H2,2-4H3. The van der Waals surface area contributed by atoms with Gasteiger partial charge in [-0.05, 0) is 62.1 Å². The molecule has 0 amide bonds. The van der Waals surface area contributed by atoms with Crippen LogP contribution < -0.4 is 0 Å². The van der Waals surface area contributed by atoms with Crippen molar-refractivity contribution in [3.05, 3.63) is 70.3 Å². The molecule has 1 saturated carbocycles. The summed E-state index contributed by atoms with van der Waals surface area (Å²) in [4.78, 5) is 7.38. The van der Waals surface area contributed by atoms with Gasteiger partial charge in [0.15, 0.2) is 0 Å². The summed E-state index contributed by atoms with van der Waals surface area (Å²) in [6, 6.07) is 13.0. The number of rotatable bonds is 4. The maximum Gasteiger partial charge on any atom is 0.138 e. The Morgan fingerprint density at radius 3 is 2.42 bits per heavy atom. The van der Waals surface area contributed by atoms with Crippen molar-refractivity contribution in [2.75, 3.05) is 7.05 Å². The summed E-state index contributed by atoms with van der Waals surface area (Å²) in [5.74, 6) is 0.939. The second kappa shape index (κ2) is 8.09. The van der Waals surface area contributed by atoms with Gasteiger partial charge in [0, 0.05) is 18.7 Å². The third-order valence-corrected chi connectivity index (χ3v) is 5.51. The van der Waals surface area contributed by atoms with Crippen LogP contribution in [0.5, 0.6) is 0 Å². The molecule has 2 aromatic carbocycles. The van der Waals surface area contributed by atoms with E-state index in [1.54, 1.807) is 0 Å². The lowest BCUT2D eigenvalue weighted by atomic mass is 10.1. The summed E-state index contributed by atoms with van der Waals surface area (Å²) in [6.07, 6.45) is 6.86. The fraction of sp³-hybridized carbons (Fsp3) is 0.348. The van der Waals surface area contributed by atoms with Crippen molar-refractivity contribution in [1.29, 1.82) is 0 Å². The first-order chi connectivity index (χ1) is 12.5. The van der Waals surface area contributed by atoms with Gasteiger partial charge in [0.05, 0.1) is 10.7 Å². The van der Waals surface area contributed by atoms with Crippen LogP contribution in [0, 0.1) is 13.8 Å². The molecule has 0 unspecified atom stereocenters. The second-order valence-corrected chi connectivity index (χ2v) is 7.64. The van der Waals surface area contributed by atoms with Gasteiger partial charge in [0.2, 0.25) is 0 Å². The number of hydrogen-bond donors (Lipinski definition) is 0. The molecule has 1 aliphatic carbocycles. The zero-order valence-corrected chi connectivity index (χ0v) is 16.7. The zero-order valence-electron chi connectivity index (χ0n) is 15.9. The predicted molar refractivity (Wildman–Crippen MR) is 114 cm³/mol. The fourth-order valence-corrected chi connectivity index (χ4v) is 3.97. The Bertz CT molecular complexity index is 832. The van der Waals surface area contributed by atoms with Gasteiger partial charge < -0.3 is 4.90 Å². The van der Waals surface area contributed by atoms with E-state index in [-0.39, 0.29) is 0 Å². The lowest BCUT2D eigenvalue weighted by Crippen LogP contribution is -2.36. The maximum atomic E-state index is 6.61. The predicted octanol–water partition coefficient (Wildman–Crippen LogP) is 6.55. The molecular formula is C23H27ClN2. The van der Waals surface area contributed by atoms with E-state index in [4.69, 9.17) is 16.6 Å². The topological polar surface area (TPSA) is 15.6 Å². The Morgan fingerprint density at radius 2 is 1.77 bits per heavy atom. The summed E-state index contributed by atoms with van der Waals surface area (Å²) in [5, 5.41) is 0.751. The van der Waals surface area contributed by atoms with Crippen LogP contribution in [0.1, 0.15) is 47.9 Å². The molecule has 1 fully saturated rings. The summed E-state index contributed by atoms with van der Waals surface area (Å²) < 4.78 is 0. The minimum Gasteiger partial charge on any atom is -0.356 e. The van der Waals surface area contributed by atoms with Crippen LogP contribution in [0.3, 0.4) is 0 Å². The van der Waals surface area contributed by atoms with E-state index < -0.39 is 0 Å². The fourth-order valence-electron chi connectivity index (χ4n) is 3.65. The Labute approximate surface area is 162 Å². The van der Waals surface area contributed by atoms with E-state index in [9.17, 15) is 0 Å². The van der Waals surface area contributed by atoms with Gasteiger partial charge in [0.25, 0.3) is 0 Å². The minimum atomic E-state index is 0.517. The van der Waals surface area contributed by atoms with Gasteiger partial charge >= 0.3 is 0 Å². The molecule has 136 valence electrons. The van der Waals surface area contributed by atoms with E-state index in [1.165, 1.54) is 31.2 Å². The van der Waals surface area contributed by atoms with Crippen LogP contribution in [0.25, 0.3) is 6.08 Å². The molecule has 26 heavy (non-hydrogen) atoms. The van der Waals surface area contributed by atoms with Gasteiger partial charge in [-0.25, -0.2) is 4.99 Å². The molecule has 0 heterocycles. The second-order valence-electron chi connectivity index (χ2n) is 7.23. The Hall–Kier alpha value is -2.06. The van der Waals surface area contributed by atoms with Crippen LogP contribution in [0.15, 0.2) is 48.0 Å². The monoisotopic (exact) mass is 366 g/mol. The van der Waals surface area contributed by atoms with Gasteiger partial charge in [-0.3, -0.25) is 0 Å². The minimum absolute atomic E-state index is 0.517. The normalized spacial score (nSPS) is 15.3. The molecule has 2 aromatic rings. The van der Waals surface area contributed by atoms with Crippen molar-refractivity contribution >= 4 is 29.2 Å². The number of halogens is 1. The van der Waals surface area contributed by atoms with E-state index in [0.29, 0.717) is 6.04 Å². The third-order valence-electron chi connectivity index (χ3n) is 5.20. The molecule has 0 spiro atoms. The molecule has 0 saturated heterocycles. The van der Waals surface area contributed by atoms with E-state index >= 15 is 0 Å². The third kappa shape index (κ3) is 4.02. The average Bonchev–Trinajstić information content (AvgIpc) is 3.15. The summed E-state index contributed by atoms with van der Waals surface area (Å²) in [7, 11) is 2.15. The van der Waals surface area contributed by atoms with Crippen molar-refractivity contribution in [3.8, 4) is 0 Å². The summed E-state index contributed by atoms with van der Waals surface area (Å²) in [5.41, 5.74) is 5.33. The highest BCUT2D eigenvalue weighted by Crippen LogP contribution is 2.29. The van der Waals surface area contributed by atoms with Crippen molar-refractivity contribution in [2.45, 2.75) is 45.6 Å². The molecule has 0 bridgehead atoms. The van der Waals surface area contributed by atoms with Crippen molar-refractivity contribution < 1.29 is 0 Å². The molecule has 0 aromatic heterocycles. The zero-order chi connectivity index (χ0) is 18.7. The van der Waals surface area contributed by atoms with Crippen LogP contribution in [0.2, 0.25) is 5.02 Å². The van der Waals surface area contributed by atoms with Crippen LogP contribution in [0.4, 0.5) is 5.69 Å². The lowest BCUT2D eigenvalue weighted by Gasteiger charge is -2.29. The first-order valence-electron chi connectivity index (χ1n) is 9.30. The highest BCUT2D eigenvalue weighted by atomic mass is 35.5. The molecule has 3 rings (SSSR count). The molecule has 1 aliphatic rings. The number of aliphatic imine (C=N–C) groups is 1. The summed E-state index contributed by atoms with van der Waals surface area (Å²) >= 11 is 6.61. The van der Waals surface area contributed by atoms with E-state index in [2.05, 4.69) is 62.7 Å². The Morgan fingerprint density at radius 1 is 1.12 bits per heavy atom. The van der Waals surface area contributed by atoms with Crippen LogP contribution in [-0.4, -0.2) is 23.8 Å². The van der Waals surface area contributed by atoms with Crippen molar-refractivity contribution in [3.63, 3.8) is 0 Å². The highest BCUT2D eigenvalue weighted by molar-refractivity contribution is 6.34. The molecule has 2 nitrogen and oxygen atoms in total. The number of hydrogen-bond acceptors (Lipinski definition) is 1. The average molecular weight is 367 g/mol. The van der Waals surface area contributed by atoms with E-state index in [0.717, 1.165) is 33.2 Å². The maximum absolute atomic E-state index is 6.61. The first kappa shape index (κ1) is 18.7. The quantitative estimate of drug-likeness (QED) is 0.442. The summed E-state index contributed by atoms with van der Waals surface area (Å²) in [6.45, 7) is 8.10. The number of amidine groups is 1. The SMILES string of the molecule is C=Cc1cc(C)ccc1N=C(c1ccc(C)cc1Cl)N(C)C1CCCC1. The van der Waals surface area contributed by atoms with Crippen LogP contribution in [-0.2, 0) is 0 Å². The molecule has 0 atom stereocenters.